The first-order chi connectivity index (χ1) is 11.6. The van der Waals surface area contributed by atoms with E-state index in [-0.39, 0.29) is 30.3 Å². The van der Waals surface area contributed by atoms with Crippen molar-refractivity contribution in [3.63, 3.8) is 0 Å². The molecule has 0 amide bonds. The van der Waals surface area contributed by atoms with Gasteiger partial charge in [0.15, 0.2) is 5.78 Å². The Morgan fingerprint density at radius 2 is 1.83 bits per heavy atom. The summed E-state index contributed by atoms with van der Waals surface area (Å²) in [6.45, 7) is 3.32. The Hall–Kier alpha value is -3.12. The quantitative estimate of drug-likeness (QED) is 0.264. The molecule has 0 fully saturated rings. The Kier molecular flexibility index (Phi) is 6.10. The molecule has 0 saturated carbocycles. The summed E-state index contributed by atoms with van der Waals surface area (Å²) in [6.07, 6.45) is 0.974. The van der Waals surface area contributed by atoms with E-state index in [9.17, 15) is 14.7 Å². The van der Waals surface area contributed by atoms with Gasteiger partial charge in [0.2, 0.25) is 0 Å². The van der Waals surface area contributed by atoms with Crippen molar-refractivity contribution < 1.29 is 29.2 Å². The minimum atomic E-state index is -0.698. The maximum Gasteiger partial charge on any atom is 0.365 e. The van der Waals surface area contributed by atoms with Crippen LogP contribution in [-0.2, 0) is 14.6 Å². The van der Waals surface area contributed by atoms with Gasteiger partial charge in [-0.3, -0.25) is 9.68 Å². The second-order valence-corrected chi connectivity index (χ2v) is 4.65. The van der Waals surface area contributed by atoms with Gasteiger partial charge in [-0.05, 0) is 12.1 Å². The van der Waals surface area contributed by atoms with E-state index >= 15 is 0 Å². The number of ether oxygens (including phenoxy) is 1. The zero-order valence-electron chi connectivity index (χ0n) is 12.8. The molecule has 24 heavy (non-hydrogen) atoms. The van der Waals surface area contributed by atoms with Crippen LogP contribution in [0.4, 0.5) is 0 Å². The summed E-state index contributed by atoms with van der Waals surface area (Å²) < 4.78 is 5.33. The van der Waals surface area contributed by atoms with E-state index in [1.54, 1.807) is 30.3 Å². The largest absolute Gasteiger partial charge is 0.507 e. The van der Waals surface area contributed by atoms with E-state index < -0.39 is 5.97 Å². The van der Waals surface area contributed by atoms with Crippen molar-refractivity contribution in [2.45, 2.75) is 0 Å². The molecule has 124 valence electrons. The minimum absolute atomic E-state index is 0.00500. The number of phenolic OH excluding ortho intramolecular Hbond substituents is 1. The fraction of sp³-hybridized carbons (Fsp3) is 0.111. The van der Waals surface area contributed by atoms with Crippen LogP contribution in [0.1, 0.15) is 15.9 Å². The molecule has 2 aromatic rings. The zero-order valence-corrected chi connectivity index (χ0v) is 12.8. The smallest absolute Gasteiger partial charge is 0.365 e. The molecule has 0 aliphatic rings. The van der Waals surface area contributed by atoms with Gasteiger partial charge in [0.05, 0.1) is 5.56 Å². The molecule has 0 aliphatic heterocycles. The Labute approximate surface area is 138 Å². The van der Waals surface area contributed by atoms with Gasteiger partial charge < -0.3 is 9.84 Å². The molecular weight excluding hydrogens is 312 g/mol. The first kappa shape index (κ1) is 17.2. The third kappa shape index (κ3) is 4.69. The lowest BCUT2D eigenvalue weighted by molar-refractivity contribution is -0.269. The van der Waals surface area contributed by atoms with Crippen LogP contribution in [0, 0.1) is 0 Å². The number of hydrogen-bond acceptors (Lipinski definition) is 6. The molecule has 0 bridgehead atoms. The number of hydrogen-bond donors (Lipinski definition) is 1. The fourth-order valence-corrected chi connectivity index (χ4v) is 1.87. The molecule has 0 atom stereocenters. The number of benzene rings is 2. The van der Waals surface area contributed by atoms with Crippen LogP contribution in [0.2, 0.25) is 0 Å². The molecule has 2 rings (SSSR count). The van der Waals surface area contributed by atoms with Gasteiger partial charge in [-0.1, -0.05) is 36.9 Å². The molecule has 6 nitrogen and oxygen atoms in total. The third-order valence-electron chi connectivity index (χ3n) is 2.99. The monoisotopic (exact) mass is 328 g/mol. The number of rotatable bonds is 8. The van der Waals surface area contributed by atoms with Gasteiger partial charge >= 0.3 is 5.97 Å². The molecular formula is C18H16O6. The molecule has 6 heteroatoms. The number of aromatic hydroxyl groups is 1. The Bertz CT molecular complexity index is 724. The molecule has 0 saturated heterocycles. The Morgan fingerprint density at radius 1 is 1.08 bits per heavy atom. The van der Waals surface area contributed by atoms with Crippen molar-refractivity contribution in [3.8, 4) is 11.5 Å². The molecule has 0 spiro atoms. The summed E-state index contributed by atoms with van der Waals surface area (Å²) >= 11 is 0. The van der Waals surface area contributed by atoms with Crippen LogP contribution in [0.15, 0.2) is 61.2 Å². The molecule has 0 unspecified atom stereocenters. The lowest BCUT2D eigenvalue weighted by Gasteiger charge is -2.09. The van der Waals surface area contributed by atoms with E-state index in [2.05, 4.69) is 16.4 Å². The highest BCUT2D eigenvalue weighted by Gasteiger charge is 2.14. The lowest BCUT2D eigenvalue weighted by Crippen LogP contribution is -2.10. The molecule has 0 aromatic heterocycles. The van der Waals surface area contributed by atoms with Gasteiger partial charge in [-0.25, -0.2) is 4.79 Å². The second kappa shape index (κ2) is 8.50. The summed E-state index contributed by atoms with van der Waals surface area (Å²) in [5.41, 5.74) is 0.670. The van der Waals surface area contributed by atoms with Crippen LogP contribution in [0.5, 0.6) is 11.5 Å². The highest BCUT2D eigenvalue weighted by Crippen LogP contribution is 2.25. The van der Waals surface area contributed by atoms with Crippen LogP contribution in [-0.4, -0.2) is 30.1 Å². The molecule has 2 aromatic carbocycles. The highest BCUT2D eigenvalue weighted by molar-refractivity contribution is 6.10. The van der Waals surface area contributed by atoms with Crippen LogP contribution < -0.4 is 4.74 Å². The van der Waals surface area contributed by atoms with E-state index in [1.807, 2.05) is 6.07 Å². The van der Waals surface area contributed by atoms with Crippen molar-refractivity contribution in [3.05, 3.63) is 72.3 Å². The molecule has 1 N–H and O–H groups in total. The van der Waals surface area contributed by atoms with Gasteiger partial charge in [-0.15, -0.1) is 0 Å². The predicted molar refractivity (Wildman–Crippen MR) is 85.7 cm³/mol. The minimum Gasteiger partial charge on any atom is -0.507 e. The number of carbonyl (C=O) groups is 2. The Balaban J connectivity index is 1.91. The van der Waals surface area contributed by atoms with E-state index in [4.69, 9.17) is 4.74 Å². The second-order valence-electron chi connectivity index (χ2n) is 4.65. The van der Waals surface area contributed by atoms with Crippen molar-refractivity contribution in [2.24, 2.45) is 0 Å². The van der Waals surface area contributed by atoms with Crippen molar-refractivity contribution in [1.82, 2.24) is 0 Å². The van der Waals surface area contributed by atoms with Gasteiger partial charge in [0.1, 0.15) is 24.7 Å². The van der Waals surface area contributed by atoms with Gasteiger partial charge in [0.25, 0.3) is 0 Å². The SMILES string of the molecule is C=CC(=O)OOCCOc1ccc(C(=O)c2ccccc2)c(O)c1. The fourth-order valence-electron chi connectivity index (χ4n) is 1.87. The normalized spacial score (nSPS) is 10.0. The maximum absolute atomic E-state index is 12.3. The zero-order chi connectivity index (χ0) is 17.4. The van der Waals surface area contributed by atoms with Crippen LogP contribution in [0.3, 0.4) is 0 Å². The number of ketones is 1. The summed E-state index contributed by atoms with van der Waals surface area (Å²) in [4.78, 5) is 31.9. The summed E-state index contributed by atoms with van der Waals surface area (Å²) in [5.74, 6) is -0.799. The van der Waals surface area contributed by atoms with Crippen LogP contribution in [0.25, 0.3) is 0 Å². The van der Waals surface area contributed by atoms with Crippen molar-refractivity contribution in [1.29, 1.82) is 0 Å². The van der Waals surface area contributed by atoms with Crippen LogP contribution >= 0.6 is 0 Å². The highest BCUT2D eigenvalue weighted by atomic mass is 17.2. The van der Waals surface area contributed by atoms with E-state index in [1.165, 1.54) is 12.1 Å². The average molecular weight is 328 g/mol. The summed E-state index contributed by atoms with van der Waals surface area (Å²) in [7, 11) is 0. The summed E-state index contributed by atoms with van der Waals surface area (Å²) in [5, 5.41) is 10.0. The molecule has 0 aliphatic carbocycles. The maximum atomic E-state index is 12.3. The van der Waals surface area contributed by atoms with E-state index in [0.717, 1.165) is 6.08 Å². The number of carbonyl (C=O) groups excluding carboxylic acids is 2. The van der Waals surface area contributed by atoms with E-state index in [0.29, 0.717) is 11.3 Å². The first-order valence-electron chi connectivity index (χ1n) is 7.13. The van der Waals surface area contributed by atoms with Gasteiger partial charge in [-0.2, -0.15) is 4.89 Å². The third-order valence-corrected chi connectivity index (χ3v) is 2.99. The van der Waals surface area contributed by atoms with Gasteiger partial charge in [0, 0.05) is 17.7 Å². The lowest BCUT2D eigenvalue weighted by atomic mass is 10.0. The predicted octanol–water partition coefficient (Wildman–Crippen LogP) is 2.66. The van der Waals surface area contributed by atoms with Crippen molar-refractivity contribution in [2.75, 3.05) is 13.2 Å². The molecule has 0 radical (unpaired) electrons. The standard InChI is InChI=1S/C18H16O6/c1-2-17(20)24-23-11-10-22-14-8-9-15(16(19)12-14)18(21)13-6-4-3-5-7-13/h2-9,12,19H,1,10-11H2. The Morgan fingerprint density at radius 3 is 2.50 bits per heavy atom. The van der Waals surface area contributed by atoms with Crippen molar-refractivity contribution >= 4 is 11.8 Å². The topological polar surface area (TPSA) is 82.1 Å². The first-order valence-corrected chi connectivity index (χ1v) is 7.13. The summed E-state index contributed by atoms with van der Waals surface area (Å²) in [6, 6.07) is 13.0. The number of phenols is 1. The average Bonchev–Trinajstić information content (AvgIpc) is 2.61. The molecule has 0 heterocycles.